The van der Waals surface area contributed by atoms with Crippen LogP contribution in [-0.4, -0.2) is 0 Å². The zero-order valence-electron chi connectivity index (χ0n) is 11.6. The maximum absolute atomic E-state index is 6.75. The van der Waals surface area contributed by atoms with Crippen molar-refractivity contribution in [3.05, 3.63) is 67.8 Å². The van der Waals surface area contributed by atoms with E-state index in [1.807, 2.05) is 0 Å². The van der Waals surface area contributed by atoms with E-state index in [-0.39, 0.29) is 5.38 Å². The smallest absolute Gasteiger partial charge is 0.0845 e. The fourth-order valence-electron chi connectivity index (χ4n) is 2.96. The van der Waals surface area contributed by atoms with E-state index in [0.29, 0.717) is 0 Å². The average molecular weight is 397 g/mol. The van der Waals surface area contributed by atoms with Crippen LogP contribution in [0.15, 0.2) is 36.4 Å². The topological polar surface area (TPSA) is 0 Å². The van der Waals surface area contributed by atoms with Gasteiger partial charge in [-0.1, -0.05) is 36.4 Å². The van der Waals surface area contributed by atoms with Crippen LogP contribution in [0.25, 0.3) is 0 Å². The van der Waals surface area contributed by atoms with Crippen molar-refractivity contribution in [2.45, 2.75) is 38.0 Å². The second kappa shape index (κ2) is 6.07. The van der Waals surface area contributed by atoms with Crippen molar-refractivity contribution < 1.29 is 0 Å². The highest BCUT2D eigenvalue weighted by molar-refractivity contribution is 14.1. The SMILES string of the molecule is Cc1cccc(C(Cl)c2ccc3c(c2)CCCC3)c1I. The number of alkyl halides is 1. The summed E-state index contributed by atoms with van der Waals surface area (Å²) in [7, 11) is 0. The second-order valence-electron chi connectivity index (χ2n) is 5.58. The molecule has 1 atom stereocenters. The summed E-state index contributed by atoms with van der Waals surface area (Å²) in [5.41, 5.74) is 6.77. The van der Waals surface area contributed by atoms with Crippen LogP contribution in [0.4, 0.5) is 0 Å². The molecule has 0 N–H and O–H groups in total. The maximum Gasteiger partial charge on any atom is 0.0845 e. The number of aryl methyl sites for hydroxylation is 3. The summed E-state index contributed by atoms with van der Waals surface area (Å²) in [5.74, 6) is 0. The Balaban J connectivity index is 1.98. The first-order valence-corrected chi connectivity index (χ1v) is 8.69. The molecule has 20 heavy (non-hydrogen) atoms. The Kier molecular flexibility index (Phi) is 4.37. The van der Waals surface area contributed by atoms with Crippen LogP contribution in [0.3, 0.4) is 0 Å². The molecule has 1 aliphatic rings. The molecule has 1 aliphatic carbocycles. The number of benzene rings is 2. The third-order valence-electron chi connectivity index (χ3n) is 4.16. The molecule has 0 amide bonds. The van der Waals surface area contributed by atoms with E-state index < -0.39 is 0 Å². The van der Waals surface area contributed by atoms with Gasteiger partial charge in [0, 0.05) is 3.57 Å². The molecule has 3 rings (SSSR count). The van der Waals surface area contributed by atoms with Crippen molar-refractivity contribution in [3.63, 3.8) is 0 Å². The molecule has 2 aromatic rings. The predicted molar refractivity (Wildman–Crippen MR) is 94.7 cm³/mol. The molecule has 0 fully saturated rings. The number of rotatable bonds is 2. The molecule has 0 aromatic heterocycles. The second-order valence-corrected chi connectivity index (χ2v) is 7.09. The Morgan fingerprint density at radius 2 is 1.80 bits per heavy atom. The minimum Gasteiger partial charge on any atom is -0.113 e. The molecule has 2 aromatic carbocycles. The van der Waals surface area contributed by atoms with Crippen LogP contribution in [0.5, 0.6) is 0 Å². The zero-order chi connectivity index (χ0) is 14.1. The highest BCUT2D eigenvalue weighted by atomic mass is 127. The van der Waals surface area contributed by atoms with Gasteiger partial charge in [-0.15, -0.1) is 11.6 Å². The maximum atomic E-state index is 6.75. The molecule has 0 saturated carbocycles. The molecule has 0 spiro atoms. The predicted octanol–water partition coefficient (Wildman–Crippen LogP) is 5.81. The van der Waals surface area contributed by atoms with Gasteiger partial charge in [0.25, 0.3) is 0 Å². The Labute approximate surface area is 139 Å². The number of fused-ring (bicyclic) bond motifs is 1. The molecule has 0 saturated heterocycles. The fourth-order valence-corrected chi connectivity index (χ4v) is 4.13. The molecule has 1 unspecified atom stereocenters. The van der Waals surface area contributed by atoms with Crippen LogP contribution in [0.2, 0.25) is 0 Å². The average Bonchev–Trinajstić information content (AvgIpc) is 2.49. The van der Waals surface area contributed by atoms with Gasteiger partial charge in [0.1, 0.15) is 0 Å². The van der Waals surface area contributed by atoms with Crippen LogP contribution >= 0.6 is 34.2 Å². The van der Waals surface area contributed by atoms with Crippen molar-refractivity contribution in [2.24, 2.45) is 0 Å². The van der Waals surface area contributed by atoms with Crippen LogP contribution in [-0.2, 0) is 12.8 Å². The molecular weight excluding hydrogens is 379 g/mol. The summed E-state index contributed by atoms with van der Waals surface area (Å²) >= 11 is 9.15. The third-order valence-corrected chi connectivity index (χ3v) is 6.12. The first kappa shape index (κ1) is 14.4. The lowest BCUT2D eigenvalue weighted by molar-refractivity contribution is 0.684. The highest BCUT2D eigenvalue weighted by Gasteiger charge is 2.17. The van der Waals surface area contributed by atoms with E-state index in [1.54, 1.807) is 0 Å². The van der Waals surface area contributed by atoms with Gasteiger partial charge in [-0.05, 0) is 83.0 Å². The van der Waals surface area contributed by atoms with Crippen LogP contribution < -0.4 is 0 Å². The zero-order valence-corrected chi connectivity index (χ0v) is 14.5. The van der Waals surface area contributed by atoms with Crippen LogP contribution in [0, 0.1) is 10.5 Å². The molecule has 104 valence electrons. The molecule has 0 heterocycles. The van der Waals surface area contributed by atoms with E-state index in [9.17, 15) is 0 Å². The lowest BCUT2D eigenvalue weighted by atomic mass is 9.89. The summed E-state index contributed by atoms with van der Waals surface area (Å²) in [6.45, 7) is 2.14. The molecule has 0 nitrogen and oxygen atoms in total. The molecule has 0 aliphatic heterocycles. The third kappa shape index (κ3) is 2.75. The first-order valence-electron chi connectivity index (χ1n) is 7.17. The number of hydrogen-bond donors (Lipinski definition) is 0. The Morgan fingerprint density at radius 1 is 1.05 bits per heavy atom. The Morgan fingerprint density at radius 3 is 2.60 bits per heavy atom. The van der Waals surface area contributed by atoms with Gasteiger partial charge in [-0.25, -0.2) is 0 Å². The van der Waals surface area contributed by atoms with E-state index in [1.165, 1.54) is 57.1 Å². The summed E-state index contributed by atoms with van der Waals surface area (Å²) in [6.07, 6.45) is 5.07. The number of hydrogen-bond acceptors (Lipinski definition) is 0. The highest BCUT2D eigenvalue weighted by Crippen LogP contribution is 2.35. The summed E-state index contributed by atoms with van der Waals surface area (Å²) < 4.78 is 1.28. The lowest BCUT2D eigenvalue weighted by Gasteiger charge is -2.19. The van der Waals surface area contributed by atoms with Gasteiger partial charge < -0.3 is 0 Å². The lowest BCUT2D eigenvalue weighted by Crippen LogP contribution is -2.05. The van der Waals surface area contributed by atoms with Crippen molar-refractivity contribution >= 4 is 34.2 Å². The largest absolute Gasteiger partial charge is 0.113 e. The summed E-state index contributed by atoms with van der Waals surface area (Å²) in [4.78, 5) is 0. The summed E-state index contributed by atoms with van der Waals surface area (Å²) in [5, 5.41) is -0.0472. The minimum absolute atomic E-state index is 0.0472. The fraction of sp³-hybridized carbons (Fsp3) is 0.333. The summed E-state index contributed by atoms with van der Waals surface area (Å²) in [6, 6.07) is 13.2. The monoisotopic (exact) mass is 396 g/mol. The van der Waals surface area contributed by atoms with E-state index in [4.69, 9.17) is 11.6 Å². The van der Waals surface area contributed by atoms with Crippen molar-refractivity contribution in [1.82, 2.24) is 0 Å². The minimum atomic E-state index is -0.0472. The quantitative estimate of drug-likeness (QED) is 0.444. The molecule has 2 heteroatoms. The standard InChI is InChI=1S/C18H18ClI/c1-12-5-4-8-16(18(12)20)17(19)15-10-9-13-6-2-3-7-14(13)11-15/h4-5,8-11,17H,2-3,6-7H2,1H3. The Hall–Kier alpha value is -0.540. The van der Waals surface area contributed by atoms with Crippen molar-refractivity contribution in [3.8, 4) is 0 Å². The van der Waals surface area contributed by atoms with E-state index in [0.717, 1.165) is 0 Å². The van der Waals surface area contributed by atoms with Gasteiger partial charge in [-0.3, -0.25) is 0 Å². The van der Waals surface area contributed by atoms with Gasteiger partial charge in [-0.2, -0.15) is 0 Å². The van der Waals surface area contributed by atoms with Gasteiger partial charge in [0.15, 0.2) is 0 Å². The first-order chi connectivity index (χ1) is 9.66. The van der Waals surface area contributed by atoms with Gasteiger partial charge >= 0.3 is 0 Å². The molecule has 0 bridgehead atoms. The van der Waals surface area contributed by atoms with E-state index >= 15 is 0 Å². The van der Waals surface area contributed by atoms with Gasteiger partial charge in [0.2, 0.25) is 0 Å². The normalized spacial score (nSPS) is 15.8. The molecular formula is C18H18ClI. The van der Waals surface area contributed by atoms with Crippen molar-refractivity contribution in [1.29, 1.82) is 0 Å². The van der Waals surface area contributed by atoms with Crippen molar-refractivity contribution in [2.75, 3.05) is 0 Å². The van der Waals surface area contributed by atoms with Gasteiger partial charge in [0.05, 0.1) is 5.38 Å². The van der Waals surface area contributed by atoms with Crippen LogP contribution in [0.1, 0.15) is 46.0 Å². The Bertz CT molecular complexity index is 633. The van der Waals surface area contributed by atoms with E-state index in [2.05, 4.69) is 65.9 Å². The number of halogens is 2. The molecule has 0 radical (unpaired) electrons.